The van der Waals surface area contributed by atoms with Crippen LogP contribution in [-0.2, 0) is 4.74 Å². The van der Waals surface area contributed by atoms with Crippen LogP contribution < -0.4 is 10.2 Å². The number of aromatic nitrogens is 1. The number of nitrogens with zero attached hydrogens (tertiary/aromatic N) is 2. The average molecular weight is 297 g/mol. The molecule has 0 atom stereocenters. The number of amides is 1. The van der Waals surface area contributed by atoms with Gasteiger partial charge < -0.3 is 15.0 Å². The van der Waals surface area contributed by atoms with Gasteiger partial charge in [-0.15, -0.1) is 0 Å². The summed E-state index contributed by atoms with van der Waals surface area (Å²) in [4.78, 5) is 18.7. The summed E-state index contributed by atoms with van der Waals surface area (Å²) in [6.07, 6.45) is 3.29. The molecule has 2 aromatic rings. The number of carbonyl (C=O) groups excluding carboxylic acids is 1. The molecule has 1 aromatic heterocycles. The third-order valence-corrected chi connectivity index (χ3v) is 3.79. The predicted octanol–water partition coefficient (Wildman–Crippen LogP) is 2.48. The molecule has 1 amide bonds. The highest BCUT2D eigenvalue weighted by atomic mass is 16.5. The van der Waals surface area contributed by atoms with Crippen molar-refractivity contribution in [1.82, 2.24) is 4.98 Å². The molecule has 0 unspecified atom stereocenters. The number of aryl methyl sites for hydroxylation is 1. The maximum absolute atomic E-state index is 12.5. The van der Waals surface area contributed by atoms with Crippen LogP contribution in [0.5, 0.6) is 0 Å². The standard InChI is InChI=1S/C17H19N3O2/c1-13-6-7-18-12-14(13)17(21)19-15-4-2-3-5-16(15)20-8-10-22-11-9-20/h2-7,12H,8-11H2,1H3,(H,19,21). The molecule has 2 heterocycles. The molecular formula is C17H19N3O2. The Balaban J connectivity index is 1.83. The van der Waals surface area contributed by atoms with Crippen molar-refractivity contribution < 1.29 is 9.53 Å². The normalized spacial score (nSPS) is 14.7. The largest absolute Gasteiger partial charge is 0.378 e. The third-order valence-electron chi connectivity index (χ3n) is 3.79. The lowest BCUT2D eigenvalue weighted by molar-refractivity contribution is 0.102. The number of rotatable bonds is 3. The van der Waals surface area contributed by atoms with Gasteiger partial charge in [0.05, 0.1) is 30.2 Å². The molecule has 1 aliphatic heterocycles. The Hall–Kier alpha value is -2.40. The first-order chi connectivity index (χ1) is 10.8. The first-order valence-corrected chi connectivity index (χ1v) is 7.39. The Morgan fingerprint density at radius 3 is 2.77 bits per heavy atom. The van der Waals surface area contributed by atoms with E-state index in [0.29, 0.717) is 18.8 Å². The second-order valence-electron chi connectivity index (χ2n) is 5.26. The summed E-state index contributed by atoms with van der Waals surface area (Å²) in [6, 6.07) is 9.69. The average Bonchev–Trinajstić information content (AvgIpc) is 2.56. The van der Waals surface area contributed by atoms with Crippen LogP contribution in [0.2, 0.25) is 0 Å². The summed E-state index contributed by atoms with van der Waals surface area (Å²) < 4.78 is 5.39. The van der Waals surface area contributed by atoms with Crippen LogP contribution in [-0.4, -0.2) is 37.2 Å². The van der Waals surface area contributed by atoms with Crippen molar-refractivity contribution >= 4 is 17.3 Å². The summed E-state index contributed by atoms with van der Waals surface area (Å²) in [5.41, 5.74) is 3.36. The van der Waals surface area contributed by atoms with Crippen molar-refractivity contribution in [2.45, 2.75) is 6.92 Å². The molecule has 0 aliphatic carbocycles. The monoisotopic (exact) mass is 297 g/mol. The number of carbonyl (C=O) groups is 1. The fourth-order valence-electron chi connectivity index (χ4n) is 2.55. The third kappa shape index (κ3) is 3.09. The van der Waals surface area contributed by atoms with Crippen LogP contribution in [0.4, 0.5) is 11.4 Å². The van der Waals surface area contributed by atoms with E-state index >= 15 is 0 Å². The topological polar surface area (TPSA) is 54.5 Å². The SMILES string of the molecule is Cc1ccncc1C(=O)Nc1ccccc1N1CCOCC1. The van der Waals surface area contributed by atoms with Gasteiger partial charge in [-0.25, -0.2) is 0 Å². The molecule has 3 rings (SSSR count). The molecule has 5 heteroatoms. The fourth-order valence-corrected chi connectivity index (χ4v) is 2.55. The van der Waals surface area contributed by atoms with Gasteiger partial charge in [-0.2, -0.15) is 0 Å². The fraction of sp³-hybridized carbons (Fsp3) is 0.294. The Labute approximate surface area is 129 Å². The van der Waals surface area contributed by atoms with Gasteiger partial charge >= 0.3 is 0 Å². The lowest BCUT2D eigenvalue weighted by atomic mass is 10.1. The van der Waals surface area contributed by atoms with Crippen LogP contribution in [0.25, 0.3) is 0 Å². The van der Waals surface area contributed by atoms with Crippen LogP contribution in [0.3, 0.4) is 0 Å². The zero-order chi connectivity index (χ0) is 15.4. The van der Waals surface area contributed by atoms with Crippen LogP contribution in [0, 0.1) is 6.92 Å². The number of para-hydroxylation sites is 2. The van der Waals surface area contributed by atoms with Crippen molar-refractivity contribution in [3.63, 3.8) is 0 Å². The molecule has 1 aliphatic rings. The van der Waals surface area contributed by atoms with E-state index in [1.54, 1.807) is 12.4 Å². The quantitative estimate of drug-likeness (QED) is 0.945. The highest BCUT2D eigenvalue weighted by molar-refractivity contribution is 6.06. The minimum absolute atomic E-state index is 0.133. The van der Waals surface area contributed by atoms with Gasteiger partial charge in [0.25, 0.3) is 5.91 Å². The number of anilines is 2. The second kappa shape index (κ2) is 6.58. The van der Waals surface area contributed by atoms with E-state index in [9.17, 15) is 4.79 Å². The van der Waals surface area contributed by atoms with Gasteiger partial charge in [0.2, 0.25) is 0 Å². The van der Waals surface area contributed by atoms with Crippen molar-refractivity contribution in [3.8, 4) is 0 Å². The number of nitrogens with one attached hydrogen (secondary N) is 1. The number of hydrogen-bond donors (Lipinski definition) is 1. The smallest absolute Gasteiger partial charge is 0.257 e. The number of pyridine rings is 1. The van der Waals surface area contributed by atoms with E-state index in [4.69, 9.17) is 4.74 Å². The molecule has 1 saturated heterocycles. The van der Waals surface area contributed by atoms with Crippen LogP contribution in [0.1, 0.15) is 15.9 Å². The van der Waals surface area contributed by atoms with E-state index in [-0.39, 0.29) is 5.91 Å². The molecule has 1 aromatic carbocycles. The predicted molar refractivity (Wildman–Crippen MR) is 86.4 cm³/mol. The van der Waals surface area contributed by atoms with Gasteiger partial charge in [-0.1, -0.05) is 12.1 Å². The lowest BCUT2D eigenvalue weighted by Gasteiger charge is -2.30. The van der Waals surface area contributed by atoms with Gasteiger partial charge in [0.1, 0.15) is 0 Å². The van der Waals surface area contributed by atoms with Crippen LogP contribution in [0.15, 0.2) is 42.7 Å². The zero-order valence-corrected chi connectivity index (χ0v) is 12.6. The Morgan fingerprint density at radius 1 is 1.23 bits per heavy atom. The summed E-state index contributed by atoms with van der Waals surface area (Å²) in [5, 5.41) is 3.00. The van der Waals surface area contributed by atoms with Crippen LogP contribution >= 0.6 is 0 Å². The van der Waals surface area contributed by atoms with E-state index in [1.807, 2.05) is 37.3 Å². The van der Waals surface area contributed by atoms with Gasteiger partial charge in [0.15, 0.2) is 0 Å². The van der Waals surface area contributed by atoms with E-state index in [1.165, 1.54) is 0 Å². The number of morpholine rings is 1. The minimum Gasteiger partial charge on any atom is -0.378 e. The first kappa shape index (κ1) is 14.5. The maximum Gasteiger partial charge on any atom is 0.257 e. The summed E-state index contributed by atoms with van der Waals surface area (Å²) in [5.74, 6) is -0.133. The molecule has 0 saturated carbocycles. The van der Waals surface area contributed by atoms with Crippen molar-refractivity contribution in [2.75, 3.05) is 36.5 Å². The van der Waals surface area contributed by atoms with Gasteiger partial charge in [-0.05, 0) is 30.7 Å². The minimum atomic E-state index is -0.133. The number of ether oxygens (including phenoxy) is 1. The summed E-state index contributed by atoms with van der Waals surface area (Å²) in [6.45, 7) is 5.00. The van der Waals surface area contributed by atoms with E-state index in [0.717, 1.165) is 30.0 Å². The first-order valence-electron chi connectivity index (χ1n) is 7.39. The van der Waals surface area contributed by atoms with Crippen molar-refractivity contribution in [1.29, 1.82) is 0 Å². The summed E-state index contributed by atoms with van der Waals surface area (Å²) in [7, 11) is 0. The second-order valence-corrected chi connectivity index (χ2v) is 5.26. The van der Waals surface area contributed by atoms with Gasteiger partial charge in [-0.3, -0.25) is 9.78 Å². The molecule has 0 bridgehead atoms. The van der Waals surface area contributed by atoms with Gasteiger partial charge in [0, 0.05) is 25.5 Å². The Kier molecular flexibility index (Phi) is 4.34. The molecule has 114 valence electrons. The van der Waals surface area contributed by atoms with E-state index < -0.39 is 0 Å². The molecule has 0 spiro atoms. The van der Waals surface area contributed by atoms with E-state index in [2.05, 4.69) is 15.2 Å². The van der Waals surface area contributed by atoms with Crippen molar-refractivity contribution in [2.24, 2.45) is 0 Å². The molecule has 22 heavy (non-hydrogen) atoms. The maximum atomic E-state index is 12.5. The number of benzene rings is 1. The zero-order valence-electron chi connectivity index (χ0n) is 12.6. The van der Waals surface area contributed by atoms with Crippen molar-refractivity contribution in [3.05, 3.63) is 53.9 Å². The Morgan fingerprint density at radius 2 is 2.00 bits per heavy atom. The lowest BCUT2D eigenvalue weighted by Crippen LogP contribution is -2.36. The molecular weight excluding hydrogens is 278 g/mol. The molecule has 1 fully saturated rings. The molecule has 1 N–H and O–H groups in total. The highest BCUT2D eigenvalue weighted by Gasteiger charge is 2.16. The highest BCUT2D eigenvalue weighted by Crippen LogP contribution is 2.27. The summed E-state index contributed by atoms with van der Waals surface area (Å²) >= 11 is 0. The molecule has 0 radical (unpaired) electrons. The number of hydrogen-bond acceptors (Lipinski definition) is 4. The Bertz CT molecular complexity index is 666. The molecule has 5 nitrogen and oxygen atoms in total.